The van der Waals surface area contributed by atoms with Gasteiger partial charge >= 0.3 is 0 Å². The molecule has 0 atom stereocenters. The number of carbonyl (C=O) groups is 1. The summed E-state index contributed by atoms with van der Waals surface area (Å²) in [7, 11) is 0. The summed E-state index contributed by atoms with van der Waals surface area (Å²) in [5.41, 5.74) is 6.34. The minimum atomic E-state index is -0.237. The van der Waals surface area contributed by atoms with E-state index >= 15 is 0 Å². The zero-order chi connectivity index (χ0) is 21.5. The molecule has 8 nitrogen and oxygen atoms in total. The van der Waals surface area contributed by atoms with Crippen molar-refractivity contribution < 1.29 is 4.79 Å². The first-order valence-corrected chi connectivity index (χ1v) is 10.5. The van der Waals surface area contributed by atoms with Gasteiger partial charge in [-0.05, 0) is 48.9 Å². The summed E-state index contributed by atoms with van der Waals surface area (Å²) in [5, 5.41) is 13.3. The summed E-state index contributed by atoms with van der Waals surface area (Å²) in [5.74, 6) is 0.595. The number of aromatic nitrogens is 5. The van der Waals surface area contributed by atoms with Crippen LogP contribution < -0.4 is 5.43 Å². The van der Waals surface area contributed by atoms with Crippen LogP contribution in [0.5, 0.6) is 0 Å². The van der Waals surface area contributed by atoms with Crippen molar-refractivity contribution in [1.82, 2.24) is 30.2 Å². The fraction of sp³-hybridized carbons (Fsp3) is 0.0909. The first kappa shape index (κ1) is 20.4. The van der Waals surface area contributed by atoms with Gasteiger partial charge in [-0.2, -0.15) is 5.10 Å². The molecule has 0 aliphatic carbocycles. The Balaban J connectivity index is 1.51. The molecule has 0 radical (unpaired) electrons. The van der Waals surface area contributed by atoms with Crippen LogP contribution in [0.1, 0.15) is 11.1 Å². The second-order valence-corrected chi connectivity index (χ2v) is 7.52. The van der Waals surface area contributed by atoms with Crippen LogP contribution in [0.2, 0.25) is 0 Å². The van der Waals surface area contributed by atoms with Crippen LogP contribution in [0, 0.1) is 6.92 Å². The van der Waals surface area contributed by atoms with Gasteiger partial charge in [0.05, 0.1) is 12.0 Å². The average molecular weight is 430 g/mol. The van der Waals surface area contributed by atoms with E-state index < -0.39 is 0 Å². The van der Waals surface area contributed by atoms with Gasteiger partial charge in [-0.3, -0.25) is 19.3 Å². The molecule has 31 heavy (non-hydrogen) atoms. The number of hydrogen-bond acceptors (Lipinski definition) is 7. The minimum absolute atomic E-state index is 0.147. The lowest BCUT2D eigenvalue weighted by molar-refractivity contribution is -0.118. The van der Waals surface area contributed by atoms with Crippen molar-refractivity contribution in [2.75, 3.05) is 5.75 Å². The Morgan fingerprint density at radius 1 is 1.00 bits per heavy atom. The quantitative estimate of drug-likeness (QED) is 0.275. The highest BCUT2D eigenvalue weighted by Gasteiger charge is 2.17. The van der Waals surface area contributed by atoms with Crippen LogP contribution in [0.4, 0.5) is 0 Å². The lowest BCUT2D eigenvalue weighted by Gasteiger charge is -2.10. The molecule has 1 aromatic carbocycles. The molecule has 0 fully saturated rings. The minimum Gasteiger partial charge on any atom is -0.272 e. The molecule has 0 aliphatic rings. The topological polar surface area (TPSA) is 98.0 Å². The molecule has 1 amide bonds. The van der Waals surface area contributed by atoms with Gasteiger partial charge in [0.2, 0.25) is 0 Å². The number of nitrogens with one attached hydrogen (secondary N) is 1. The number of carbonyl (C=O) groups excluding carboxylic acids is 1. The maximum Gasteiger partial charge on any atom is 0.250 e. The van der Waals surface area contributed by atoms with Crippen molar-refractivity contribution in [3.05, 3.63) is 84.4 Å². The SMILES string of the molecule is Cc1ccc(-n2c(SCC(=O)N/N=C/c3ccncc3)nnc2-c2ccncc2)cc1. The Hall–Kier alpha value is -3.85. The van der Waals surface area contributed by atoms with E-state index in [9.17, 15) is 4.79 Å². The maximum atomic E-state index is 12.3. The molecule has 4 aromatic rings. The van der Waals surface area contributed by atoms with Gasteiger partial charge in [0, 0.05) is 36.0 Å². The van der Waals surface area contributed by atoms with Crippen LogP contribution >= 0.6 is 11.8 Å². The van der Waals surface area contributed by atoms with E-state index in [2.05, 4.69) is 30.7 Å². The monoisotopic (exact) mass is 429 g/mol. The molecule has 0 spiro atoms. The fourth-order valence-corrected chi connectivity index (χ4v) is 3.51. The summed E-state index contributed by atoms with van der Waals surface area (Å²) >= 11 is 1.29. The van der Waals surface area contributed by atoms with E-state index in [1.165, 1.54) is 11.8 Å². The standard InChI is InChI=1S/C22H19N7OS/c1-16-2-4-19(5-3-16)29-21(18-8-12-24-13-9-18)27-28-22(29)31-15-20(30)26-25-14-17-6-10-23-11-7-17/h2-14H,15H2,1H3,(H,26,30)/b25-14+. The molecule has 0 saturated carbocycles. The average Bonchev–Trinajstić information content (AvgIpc) is 3.23. The molecule has 0 saturated heterocycles. The molecule has 0 unspecified atom stereocenters. The first-order chi connectivity index (χ1) is 15.2. The number of hydrogen-bond donors (Lipinski definition) is 1. The van der Waals surface area contributed by atoms with Crippen molar-refractivity contribution in [2.45, 2.75) is 12.1 Å². The summed E-state index contributed by atoms with van der Waals surface area (Å²) in [6.07, 6.45) is 8.32. The highest BCUT2D eigenvalue weighted by Crippen LogP contribution is 2.27. The van der Waals surface area contributed by atoms with Gasteiger partial charge in [0.25, 0.3) is 5.91 Å². The lowest BCUT2D eigenvalue weighted by Crippen LogP contribution is -2.20. The van der Waals surface area contributed by atoms with Crippen molar-refractivity contribution in [3.63, 3.8) is 0 Å². The fourth-order valence-electron chi connectivity index (χ4n) is 2.77. The summed E-state index contributed by atoms with van der Waals surface area (Å²) in [4.78, 5) is 20.3. The molecule has 0 bridgehead atoms. The number of pyridine rings is 2. The third kappa shape index (κ3) is 5.20. The van der Waals surface area contributed by atoms with Gasteiger partial charge in [-0.15, -0.1) is 10.2 Å². The van der Waals surface area contributed by atoms with Crippen molar-refractivity contribution >= 4 is 23.9 Å². The maximum absolute atomic E-state index is 12.3. The highest BCUT2D eigenvalue weighted by atomic mass is 32.2. The predicted octanol–water partition coefficient (Wildman–Crippen LogP) is 3.28. The van der Waals surface area contributed by atoms with Crippen LogP contribution in [-0.2, 0) is 4.79 Å². The van der Waals surface area contributed by atoms with Crippen molar-refractivity contribution in [2.24, 2.45) is 5.10 Å². The number of rotatable bonds is 7. The molecule has 3 heterocycles. The zero-order valence-corrected chi connectivity index (χ0v) is 17.5. The third-order valence-corrected chi connectivity index (χ3v) is 5.23. The van der Waals surface area contributed by atoms with E-state index in [4.69, 9.17) is 0 Å². The Bertz CT molecular complexity index is 1180. The van der Waals surface area contributed by atoms with E-state index in [0.717, 1.165) is 22.4 Å². The van der Waals surface area contributed by atoms with Gasteiger partial charge in [0.1, 0.15) is 0 Å². The second kappa shape index (κ2) is 9.77. The van der Waals surface area contributed by atoms with Crippen LogP contribution in [0.15, 0.2) is 83.6 Å². The molecule has 0 aliphatic heterocycles. The number of amides is 1. The first-order valence-electron chi connectivity index (χ1n) is 9.48. The Morgan fingerprint density at radius 2 is 1.68 bits per heavy atom. The molecule has 9 heteroatoms. The number of thioether (sulfide) groups is 1. The van der Waals surface area contributed by atoms with Crippen LogP contribution in [0.3, 0.4) is 0 Å². The van der Waals surface area contributed by atoms with Crippen molar-refractivity contribution in [3.8, 4) is 17.1 Å². The molecule has 4 rings (SSSR count). The van der Waals surface area contributed by atoms with Crippen LogP contribution in [-0.4, -0.2) is 42.6 Å². The smallest absolute Gasteiger partial charge is 0.250 e. The third-order valence-electron chi connectivity index (χ3n) is 4.31. The number of nitrogens with zero attached hydrogens (tertiary/aromatic N) is 6. The van der Waals surface area contributed by atoms with Gasteiger partial charge in [-0.25, -0.2) is 5.43 Å². The lowest BCUT2D eigenvalue weighted by atomic mass is 10.2. The summed E-state index contributed by atoms with van der Waals surface area (Å²) in [6.45, 7) is 2.03. The highest BCUT2D eigenvalue weighted by molar-refractivity contribution is 7.99. The van der Waals surface area contributed by atoms with Gasteiger partial charge in [0.15, 0.2) is 11.0 Å². The van der Waals surface area contributed by atoms with Gasteiger partial charge < -0.3 is 0 Å². The molecular weight excluding hydrogens is 410 g/mol. The molecule has 1 N–H and O–H groups in total. The van der Waals surface area contributed by atoms with Crippen LogP contribution in [0.25, 0.3) is 17.1 Å². The summed E-state index contributed by atoms with van der Waals surface area (Å²) < 4.78 is 1.94. The molecule has 154 valence electrons. The largest absolute Gasteiger partial charge is 0.272 e. The molecule has 3 aromatic heterocycles. The van der Waals surface area contributed by atoms with E-state index in [1.54, 1.807) is 43.1 Å². The zero-order valence-electron chi connectivity index (χ0n) is 16.7. The number of benzene rings is 1. The Kier molecular flexibility index (Phi) is 6.44. The number of hydrazone groups is 1. The Morgan fingerprint density at radius 3 is 2.39 bits per heavy atom. The van der Waals surface area contributed by atoms with Crippen molar-refractivity contribution in [1.29, 1.82) is 0 Å². The predicted molar refractivity (Wildman–Crippen MR) is 120 cm³/mol. The number of aryl methyl sites for hydroxylation is 1. The normalized spacial score (nSPS) is 11.0. The van der Waals surface area contributed by atoms with E-state index in [1.807, 2.05) is 47.9 Å². The second-order valence-electron chi connectivity index (χ2n) is 6.58. The van der Waals surface area contributed by atoms with E-state index in [0.29, 0.717) is 11.0 Å². The Labute approximate surface area is 183 Å². The van der Waals surface area contributed by atoms with Gasteiger partial charge in [-0.1, -0.05) is 29.5 Å². The van der Waals surface area contributed by atoms with E-state index in [-0.39, 0.29) is 11.7 Å². The molecular formula is C22H19N7OS. The summed E-state index contributed by atoms with van der Waals surface area (Å²) in [6, 6.07) is 15.4.